The van der Waals surface area contributed by atoms with Crippen molar-refractivity contribution >= 4 is 11.7 Å². The van der Waals surface area contributed by atoms with Gasteiger partial charge in [-0.25, -0.2) is 13.6 Å². The standard InChI is InChI=1S/C15H21F2N3O/c1-19(2)12-4-3-8-20(9-7-12)15(21)18-14-6-5-11(16)10-13(14)17/h5-6,10,12H,3-4,7-9H2,1-2H3,(H,18,21)/t12-/m0/s1. The van der Waals surface area contributed by atoms with E-state index in [2.05, 4.69) is 10.2 Å². The Bertz CT molecular complexity index is 508. The summed E-state index contributed by atoms with van der Waals surface area (Å²) >= 11 is 0. The Morgan fingerprint density at radius 2 is 2.05 bits per heavy atom. The second-order valence-corrected chi connectivity index (χ2v) is 5.59. The largest absolute Gasteiger partial charge is 0.324 e. The maximum Gasteiger partial charge on any atom is 0.321 e. The second-order valence-electron chi connectivity index (χ2n) is 5.59. The number of hydrogen-bond acceptors (Lipinski definition) is 2. The van der Waals surface area contributed by atoms with Crippen LogP contribution < -0.4 is 5.32 Å². The number of rotatable bonds is 2. The lowest BCUT2D eigenvalue weighted by atomic mass is 10.1. The number of halogens is 2. The van der Waals surface area contributed by atoms with E-state index in [0.717, 1.165) is 31.4 Å². The smallest absolute Gasteiger partial charge is 0.321 e. The van der Waals surface area contributed by atoms with Crippen LogP contribution in [0, 0.1) is 11.6 Å². The maximum absolute atomic E-state index is 13.5. The molecule has 0 radical (unpaired) electrons. The van der Waals surface area contributed by atoms with Gasteiger partial charge in [0.05, 0.1) is 5.69 Å². The Morgan fingerprint density at radius 3 is 2.71 bits per heavy atom. The van der Waals surface area contributed by atoms with Gasteiger partial charge in [-0.15, -0.1) is 0 Å². The molecule has 0 bridgehead atoms. The molecule has 1 aromatic rings. The summed E-state index contributed by atoms with van der Waals surface area (Å²) in [6, 6.07) is 3.26. The van der Waals surface area contributed by atoms with E-state index >= 15 is 0 Å². The van der Waals surface area contributed by atoms with Crippen molar-refractivity contribution in [1.82, 2.24) is 9.80 Å². The number of carbonyl (C=O) groups excluding carboxylic acids is 1. The van der Waals surface area contributed by atoms with Gasteiger partial charge in [-0.05, 0) is 45.5 Å². The molecule has 1 atom stereocenters. The van der Waals surface area contributed by atoms with Crippen LogP contribution in [0.3, 0.4) is 0 Å². The van der Waals surface area contributed by atoms with Crippen molar-refractivity contribution in [2.45, 2.75) is 25.3 Å². The van der Waals surface area contributed by atoms with E-state index in [9.17, 15) is 13.6 Å². The van der Waals surface area contributed by atoms with Gasteiger partial charge in [-0.1, -0.05) is 0 Å². The molecule has 0 aromatic heterocycles. The van der Waals surface area contributed by atoms with E-state index in [1.165, 1.54) is 6.07 Å². The van der Waals surface area contributed by atoms with Crippen molar-refractivity contribution < 1.29 is 13.6 Å². The molecule has 6 heteroatoms. The number of nitrogens with one attached hydrogen (secondary N) is 1. The fraction of sp³-hybridized carbons (Fsp3) is 0.533. The summed E-state index contributed by atoms with van der Waals surface area (Å²) in [5.74, 6) is -1.42. The Kier molecular flexibility index (Phi) is 5.12. The van der Waals surface area contributed by atoms with Crippen LogP contribution >= 0.6 is 0 Å². The minimum absolute atomic E-state index is 0.00908. The number of amides is 2. The van der Waals surface area contributed by atoms with Crippen molar-refractivity contribution in [1.29, 1.82) is 0 Å². The molecule has 1 heterocycles. The molecule has 0 saturated carbocycles. The summed E-state index contributed by atoms with van der Waals surface area (Å²) in [6.45, 7) is 1.29. The van der Waals surface area contributed by atoms with Gasteiger partial charge < -0.3 is 15.1 Å². The van der Waals surface area contributed by atoms with Crippen LogP contribution in [0.1, 0.15) is 19.3 Å². The molecule has 21 heavy (non-hydrogen) atoms. The van der Waals surface area contributed by atoms with E-state index < -0.39 is 11.6 Å². The van der Waals surface area contributed by atoms with Gasteiger partial charge in [-0.3, -0.25) is 0 Å². The van der Waals surface area contributed by atoms with Gasteiger partial charge in [0.15, 0.2) is 0 Å². The van der Waals surface area contributed by atoms with Gasteiger partial charge in [0.25, 0.3) is 0 Å². The Labute approximate surface area is 123 Å². The quantitative estimate of drug-likeness (QED) is 0.911. The van der Waals surface area contributed by atoms with Gasteiger partial charge >= 0.3 is 6.03 Å². The zero-order valence-electron chi connectivity index (χ0n) is 12.4. The van der Waals surface area contributed by atoms with E-state index in [0.29, 0.717) is 19.1 Å². The number of carbonyl (C=O) groups is 1. The van der Waals surface area contributed by atoms with Gasteiger partial charge in [-0.2, -0.15) is 0 Å². The fourth-order valence-corrected chi connectivity index (χ4v) is 2.58. The zero-order chi connectivity index (χ0) is 15.4. The predicted octanol–water partition coefficient (Wildman–Crippen LogP) is 2.91. The molecule has 116 valence electrons. The third-order valence-electron chi connectivity index (χ3n) is 3.89. The van der Waals surface area contributed by atoms with E-state index in [-0.39, 0.29) is 11.7 Å². The van der Waals surface area contributed by atoms with Gasteiger partial charge in [0.1, 0.15) is 11.6 Å². The summed E-state index contributed by atoms with van der Waals surface area (Å²) < 4.78 is 26.4. The van der Waals surface area contributed by atoms with Crippen molar-refractivity contribution in [2.75, 3.05) is 32.5 Å². The average molecular weight is 297 g/mol. The number of nitrogens with zero attached hydrogens (tertiary/aromatic N) is 2. The highest BCUT2D eigenvalue weighted by Crippen LogP contribution is 2.18. The number of anilines is 1. The summed E-state index contributed by atoms with van der Waals surface area (Å²) in [7, 11) is 4.07. The van der Waals surface area contributed by atoms with E-state index in [1.807, 2.05) is 14.1 Å². The lowest BCUT2D eigenvalue weighted by molar-refractivity contribution is 0.210. The molecule has 1 aliphatic rings. The molecule has 4 nitrogen and oxygen atoms in total. The molecular weight excluding hydrogens is 276 g/mol. The lowest BCUT2D eigenvalue weighted by Crippen LogP contribution is -2.37. The van der Waals surface area contributed by atoms with Crippen LogP contribution in [-0.2, 0) is 0 Å². The van der Waals surface area contributed by atoms with Crippen molar-refractivity contribution in [3.05, 3.63) is 29.8 Å². The monoisotopic (exact) mass is 297 g/mol. The van der Waals surface area contributed by atoms with Crippen LogP contribution in [0.15, 0.2) is 18.2 Å². The Hall–Kier alpha value is -1.69. The molecule has 2 amide bonds. The van der Waals surface area contributed by atoms with Gasteiger partial charge in [0.2, 0.25) is 0 Å². The SMILES string of the molecule is CN(C)[C@H]1CCCN(C(=O)Nc2ccc(F)cc2F)CC1. The predicted molar refractivity (Wildman–Crippen MR) is 78.3 cm³/mol. The Balaban J connectivity index is 1.97. The summed E-state index contributed by atoms with van der Waals surface area (Å²) in [4.78, 5) is 16.0. The van der Waals surface area contributed by atoms with Crippen LogP contribution in [0.25, 0.3) is 0 Å². The van der Waals surface area contributed by atoms with Crippen LogP contribution in [0.2, 0.25) is 0 Å². The van der Waals surface area contributed by atoms with E-state index in [4.69, 9.17) is 0 Å². The summed E-state index contributed by atoms with van der Waals surface area (Å²) in [5, 5.41) is 2.51. The molecule has 1 fully saturated rings. The normalized spacial score (nSPS) is 19.5. The third-order valence-corrected chi connectivity index (χ3v) is 3.89. The van der Waals surface area contributed by atoms with Gasteiger partial charge in [0, 0.05) is 25.2 Å². The van der Waals surface area contributed by atoms with Crippen molar-refractivity contribution in [3.63, 3.8) is 0 Å². The second kappa shape index (κ2) is 6.85. The topological polar surface area (TPSA) is 35.6 Å². The highest BCUT2D eigenvalue weighted by atomic mass is 19.1. The first kappa shape index (κ1) is 15.7. The van der Waals surface area contributed by atoms with Crippen molar-refractivity contribution in [2.24, 2.45) is 0 Å². The fourth-order valence-electron chi connectivity index (χ4n) is 2.58. The molecule has 0 unspecified atom stereocenters. The molecule has 1 aromatic carbocycles. The highest BCUT2D eigenvalue weighted by Gasteiger charge is 2.22. The number of urea groups is 1. The van der Waals surface area contributed by atoms with Crippen LogP contribution in [0.5, 0.6) is 0 Å². The van der Waals surface area contributed by atoms with E-state index in [1.54, 1.807) is 4.90 Å². The summed E-state index contributed by atoms with van der Waals surface area (Å²) in [5.41, 5.74) is 0.00908. The molecule has 1 saturated heterocycles. The number of likely N-dealkylation sites (tertiary alicyclic amines) is 1. The van der Waals surface area contributed by atoms with Crippen LogP contribution in [-0.4, -0.2) is 49.1 Å². The minimum atomic E-state index is -0.760. The average Bonchev–Trinajstić information content (AvgIpc) is 2.67. The third kappa shape index (κ3) is 4.14. The summed E-state index contributed by atoms with van der Waals surface area (Å²) in [6.07, 6.45) is 2.86. The molecule has 0 spiro atoms. The first-order chi connectivity index (χ1) is 9.97. The maximum atomic E-state index is 13.5. The van der Waals surface area contributed by atoms with Crippen LogP contribution in [0.4, 0.5) is 19.3 Å². The molecule has 1 aliphatic heterocycles. The first-order valence-corrected chi connectivity index (χ1v) is 7.15. The number of benzene rings is 1. The number of hydrogen-bond donors (Lipinski definition) is 1. The lowest BCUT2D eigenvalue weighted by Gasteiger charge is -2.23. The molecular formula is C15H21F2N3O. The minimum Gasteiger partial charge on any atom is -0.324 e. The molecule has 1 N–H and O–H groups in total. The zero-order valence-corrected chi connectivity index (χ0v) is 12.4. The Morgan fingerprint density at radius 1 is 1.29 bits per heavy atom. The molecule has 2 rings (SSSR count). The van der Waals surface area contributed by atoms with Crippen molar-refractivity contribution in [3.8, 4) is 0 Å². The first-order valence-electron chi connectivity index (χ1n) is 7.15. The highest BCUT2D eigenvalue weighted by molar-refractivity contribution is 5.89. The molecule has 0 aliphatic carbocycles.